The molecule has 1 aromatic heterocycles. The largest absolute Gasteiger partial charge is 0.297 e. The number of aromatic nitrogens is 2. The van der Waals surface area contributed by atoms with Gasteiger partial charge in [0, 0.05) is 0 Å². The van der Waals surface area contributed by atoms with E-state index in [-0.39, 0.29) is 21.6 Å². The van der Waals surface area contributed by atoms with Crippen molar-refractivity contribution in [3.05, 3.63) is 70.1 Å². The van der Waals surface area contributed by atoms with E-state index in [1.807, 2.05) is 0 Å². The normalized spacial score (nSPS) is 11.0. The Morgan fingerprint density at radius 2 is 1.57 bits per heavy atom. The molecule has 0 bridgehead atoms. The molecule has 0 radical (unpaired) electrons. The third kappa shape index (κ3) is 2.68. The number of hydrogen-bond donors (Lipinski definition) is 0. The topological polar surface area (TPSA) is 17.8 Å². The van der Waals surface area contributed by atoms with Gasteiger partial charge in [0.05, 0.1) is 22.0 Å². The van der Waals surface area contributed by atoms with E-state index in [1.165, 1.54) is 12.1 Å². The molecule has 3 aromatic rings. The number of benzene rings is 2. The standard InChI is InChI=1S/C15H6Cl2F4N2/c16-8-2-1-7(5-11(8)20)23-6-22-15(17)14(23)12-9(18)3-4-10(19)13(12)21/h1-6H. The van der Waals surface area contributed by atoms with Crippen LogP contribution in [0.25, 0.3) is 16.9 Å². The number of hydrogen-bond acceptors (Lipinski definition) is 1. The van der Waals surface area contributed by atoms with Gasteiger partial charge in [0.15, 0.2) is 16.8 Å². The molecule has 2 aromatic carbocycles. The van der Waals surface area contributed by atoms with E-state index in [4.69, 9.17) is 23.2 Å². The quantitative estimate of drug-likeness (QED) is 0.441. The molecule has 0 aliphatic rings. The van der Waals surface area contributed by atoms with E-state index < -0.39 is 28.8 Å². The van der Waals surface area contributed by atoms with Gasteiger partial charge in [-0.3, -0.25) is 4.57 Å². The van der Waals surface area contributed by atoms with Gasteiger partial charge >= 0.3 is 0 Å². The van der Waals surface area contributed by atoms with E-state index in [0.29, 0.717) is 6.07 Å². The minimum atomic E-state index is -1.41. The lowest BCUT2D eigenvalue weighted by Crippen LogP contribution is -2.01. The minimum absolute atomic E-state index is 0.121. The van der Waals surface area contributed by atoms with Crippen molar-refractivity contribution in [2.45, 2.75) is 0 Å². The third-order valence-electron chi connectivity index (χ3n) is 3.19. The van der Waals surface area contributed by atoms with Crippen LogP contribution in [0.1, 0.15) is 0 Å². The highest BCUT2D eigenvalue weighted by atomic mass is 35.5. The molecular formula is C15H6Cl2F4N2. The molecular weight excluding hydrogens is 355 g/mol. The summed E-state index contributed by atoms with van der Waals surface area (Å²) in [6.45, 7) is 0. The van der Waals surface area contributed by atoms with E-state index in [9.17, 15) is 17.6 Å². The predicted molar refractivity (Wildman–Crippen MR) is 78.9 cm³/mol. The predicted octanol–water partition coefficient (Wildman–Crippen LogP) is 5.40. The summed E-state index contributed by atoms with van der Waals surface area (Å²) in [5.74, 6) is -4.42. The Hall–Kier alpha value is -2.05. The molecule has 0 unspecified atom stereocenters. The smallest absolute Gasteiger partial charge is 0.171 e. The zero-order valence-electron chi connectivity index (χ0n) is 11.1. The number of nitrogens with zero attached hydrogens (tertiary/aromatic N) is 2. The van der Waals surface area contributed by atoms with Gasteiger partial charge in [-0.2, -0.15) is 0 Å². The molecule has 0 N–H and O–H groups in total. The molecule has 0 fully saturated rings. The second-order valence-corrected chi connectivity index (χ2v) is 5.34. The van der Waals surface area contributed by atoms with Crippen molar-refractivity contribution in [3.63, 3.8) is 0 Å². The number of rotatable bonds is 2. The highest BCUT2D eigenvalue weighted by molar-refractivity contribution is 6.32. The summed E-state index contributed by atoms with van der Waals surface area (Å²) in [5, 5.41) is -0.381. The van der Waals surface area contributed by atoms with Crippen LogP contribution in [-0.4, -0.2) is 9.55 Å². The van der Waals surface area contributed by atoms with Crippen LogP contribution >= 0.6 is 23.2 Å². The molecule has 23 heavy (non-hydrogen) atoms. The van der Waals surface area contributed by atoms with Gasteiger partial charge in [0.25, 0.3) is 0 Å². The Morgan fingerprint density at radius 1 is 0.870 bits per heavy atom. The molecule has 2 nitrogen and oxygen atoms in total. The maximum Gasteiger partial charge on any atom is 0.171 e. The summed E-state index contributed by atoms with van der Waals surface area (Å²) in [6.07, 6.45) is 1.14. The molecule has 1 heterocycles. The molecule has 0 spiro atoms. The van der Waals surface area contributed by atoms with Gasteiger partial charge in [-0.15, -0.1) is 0 Å². The first-order valence-corrected chi connectivity index (χ1v) is 6.98. The molecule has 0 amide bonds. The van der Waals surface area contributed by atoms with Crippen LogP contribution in [-0.2, 0) is 0 Å². The Bertz CT molecular complexity index is 909. The van der Waals surface area contributed by atoms with Crippen molar-refractivity contribution in [1.29, 1.82) is 0 Å². The lowest BCUT2D eigenvalue weighted by atomic mass is 10.1. The fourth-order valence-electron chi connectivity index (χ4n) is 2.13. The van der Waals surface area contributed by atoms with E-state index in [0.717, 1.165) is 23.0 Å². The van der Waals surface area contributed by atoms with Crippen molar-refractivity contribution >= 4 is 23.2 Å². The van der Waals surface area contributed by atoms with Gasteiger partial charge in [-0.25, -0.2) is 22.5 Å². The van der Waals surface area contributed by atoms with Crippen molar-refractivity contribution in [2.75, 3.05) is 0 Å². The van der Waals surface area contributed by atoms with E-state index in [1.54, 1.807) is 0 Å². The summed E-state index contributed by atoms with van der Waals surface area (Å²) >= 11 is 11.5. The monoisotopic (exact) mass is 360 g/mol. The van der Waals surface area contributed by atoms with Gasteiger partial charge in [0.2, 0.25) is 0 Å². The van der Waals surface area contributed by atoms with Crippen LogP contribution < -0.4 is 0 Å². The minimum Gasteiger partial charge on any atom is -0.297 e. The van der Waals surface area contributed by atoms with Crippen LogP contribution in [0.5, 0.6) is 0 Å². The fraction of sp³-hybridized carbons (Fsp3) is 0. The second kappa shape index (κ2) is 5.86. The zero-order valence-corrected chi connectivity index (χ0v) is 12.6. The molecule has 0 saturated heterocycles. The molecule has 118 valence electrons. The first-order valence-electron chi connectivity index (χ1n) is 6.22. The Morgan fingerprint density at radius 3 is 2.26 bits per heavy atom. The SMILES string of the molecule is Fc1cc(-n2cnc(Cl)c2-c2c(F)ccc(F)c2F)ccc1Cl. The van der Waals surface area contributed by atoms with Crippen molar-refractivity contribution < 1.29 is 17.6 Å². The number of halogens is 6. The van der Waals surface area contributed by atoms with Crippen LogP contribution in [0.15, 0.2) is 36.7 Å². The highest BCUT2D eigenvalue weighted by Gasteiger charge is 2.23. The van der Waals surface area contributed by atoms with Crippen molar-refractivity contribution in [2.24, 2.45) is 0 Å². The Balaban J connectivity index is 2.29. The second-order valence-electron chi connectivity index (χ2n) is 4.57. The number of imidazole rings is 1. The van der Waals surface area contributed by atoms with Crippen molar-refractivity contribution in [3.8, 4) is 16.9 Å². The van der Waals surface area contributed by atoms with Crippen LogP contribution in [0.4, 0.5) is 17.6 Å². The lowest BCUT2D eigenvalue weighted by molar-refractivity contribution is 0.498. The third-order valence-corrected chi connectivity index (χ3v) is 3.77. The maximum absolute atomic E-state index is 14.0. The van der Waals surface area contributed by atoms with Gasteiger partial charge in [0.1, 0.15) is 18.0 Å². The molecule has 3 rings (SSSR count). The average Bonchev–Trinajstić information content (AvgIpc) is 2.88. The van der Waals surface area contributed by atoms with Crippen LogP contribution in [0.3, 0.4) is 0 Å². The molecule has 0 aliphatic heterocycles. The van der Waals surface area contributed by atoms with Gasteiger partial charge in [-0.05, 0) is 30.3 Å². The first kappa shape index (κ1) is 15.8. The summed E-state index contributed by atoms with van der Waals surface area (Å²) in [5.41, 5.74) is -0.755. The molecule has 0 aliphatic carbocycles. The average molecular weight is 361 g/mol. The van der Waals surface area contributed by atoms with Gasteiger partial charge in [-0.1, -0.05) is 23.2 Å². The van der Waals surface area contributed by atoms with E-state index >= 15 is 0 Å². The van der Waals surface area contributed by atoms with Crippen LogP contribution in [0.2, 0.25) is 10.2 Å². The fourth-order valence-corrected chi connectivity index (χ4v) is 2.47. The molecule has 8 heteroatoms. The lowest BCUT2D eigenvalue weighted by Gasteiger charge is -2.11. The maximum atomic E-state index is 14.0. The van der Waals surface area contributed by atoms with E-state index in [2.05, 4.69) is 4.98 Å². The van der Waals surface area contributed by atoms with Crippen molar-refractivity contribution in [1.82, 2.24) is 9.55 Å². The first-order chi connectivity index (χ1) is 10.9. The van der Waals surface area contributed by atoms with Gasteiger partial charge < -0.3 is 0 Å². The zero-order chi connectivity index (χ0) is 16.7. The summed E-state index contributed by atoms with van der Waals surface area (Å²) in [7, 11) is 0. The highest BCUT2D eigenvalue weighted by Crippen LogP contribution is 2.34. The Labute approximate surface area is 137 Å². The Kier molecular flexibility index (Phi) is 4.04. The summed E-state index contributed by atoms with van der Waals surface area (Å²) in [4.78, 5) is 3.75. The molecule has 0 saturated carbocycles. The summed E-state index contributed by atoms with van der Waals surface area (Å²) in [6, 6.07) is 5.14. The molecule has 0 atom stereocenters. The van der Waals surface area contributed by atoms with Crippen LogP contribution in [0, 0.1) is 23.3 Å². The summed E-state index contributed by atoms with van der Waals surface area (Å²) < 4.78 is 56.3.